The van der Waals surface area contributed by atoms with Gasteiger partial charge in [0, 0.05) is 6.04 Å². The second-order valence-corrected chi connectivity index (χ2v) is 3.27. The molecule has 0 saturated carbocycles. The van der Waals surface area contributed by atoms with Crippen molar-refractivity contribution in [1.29, 1.82) is 5.26 Å². The van der Waals surface area contributed by atoms with E-state index in [4.69, 9.17) is 11.0 Å². The van der Waals surface area contributed by atoms with E-state index >= 15 is 0 Å². The van der Waals surface area contributed by atoms with Crippen LogP contribution >= 0.6 is 0 Å². The lowest BCUT2D eigenvalue weighted by Gasteiger charge is -2.14. The zero-order valence-corrected chi connectivity index (χ0v) is 8.04. The minimum Gasteiger partial charge on any atom is -0.323 e. The third-order valence-corrected chi connectivity index (χ3v) is 2.22. The Kier molecular flexibility index (Phi) is 3.05. The summed E-state index contributed by atoms with van der Waals surface area (Å²) in [5.41, 5.74) is 9.34. The first-order valence-corrected chi connectivity index (χ1v) is 4.35. The lowest BCUT2D eigenvalue weighted by molar-refractivity contribution is 0.736. The van der Waals surface area contributed by atoms with Crippen LogP contribution in [-0.2, 0) is 0 Å². The molecule has 68 valence electrons. The first-order chi connectivity index (χ1) is 6.16. The summed E-state index contributed by atoms with van der Waals surface area (Å²) in [5, 5.41) is 8.55. The predicted molar refractivity (Wildman–Crippen MR) is 53.1 cm³/mol. The number of hydrogen-bond donors (Lipinski definition) is 1. The molecule has 0 aromatic heterocycles. The van der Waals surface area contributed by atoms with Gasteiger partial charge in [0.1, 0.15) is 0 Å². The molecule has 1 rings (SSSR count). The smallest absolute Gasteiger partial charge is 0.0641 e. The summed E-state index contributed by atoms with van der Waals surface area (Å²) in [6.45, 7) is 4.05. The van der Waals surface area contributed by atoms with E-state index in [0.29, 0.717) is 6.42 Å². The molecule has 0 amide bonds. The molecule has 0 radical (unpaired) electrons. The Morgan fingerprint density at radius 3 is 2.38 bits per heavy atom. The van der Waals surface area contributed by atoms with Crippen LogP contribution in [0.25, 0.3) is 0 Å². The van der Waals surface area contributed by atoms with Crippen molar-refractivity contribution < 1.29 is 0 Å². The monoisotopic (exact) mass is 174 g/mol. The Labute approximate surface area is 79.0 Å². The van der Waals surface area contributed by atoms with Crippen LogP contribution in [0.5, 0.6) is 0 Å². The Hall–Kier alpha value is -1.33. The average Bonchev–Trinajstić information content (AvgIpc) is 2.04. The number of rotatable bonds is 2. The summed E-state index contributed by atoms with van der Waals surface area (Å²) < 4.78 is 0. The molecular formula is C11H14N2. The second kappa shape index (κ2) is 4.06. The summed E-state index contributed by atoms with van der Waals surface area (Å²) in [5.74, 6) is 0. The zero-order valence-electron chi connectivity index (χ0n) is 8.04. The number of aryl methyl sites for hydroxylation is 2. The average molecular weight is 174 g/mol. The molecule has 0 aliphatic carbocycles. The third-order valence-electron chi connectivity index (χ3n) is 2.22. The number of nitrogens with two attached hydrogens (primary N) is 1. The van der Waals surface area contributed by atoms with Gasteiger partial charge in [-0.05, 0) is 30.5 Å². The van der Waals surface area contributed by atoms with E-state index in [0.717, 1.165) is 5.56 Å². The minimum atomic E-state index is -0.147. The van der Waals surface area contributed by atoms with E-state index in [1.165, 1.54) is 11.1 Å². The molecule has 13 heavy (non-hydrogen) atoms. The van der Waals surface area contributed by atoms with Crippen LogP contribution in [0, 0.1) is 25.2 Å². The first kappa shape index (κ1) is 9.76. The molecule has 1 atom stereocenters. The van der Waals surface area contributed by atoms with Crippen molar-refractivity contribution in [3.8, 4) is 6.07 Å². The fourth-order valence-corrected chi connectivity index (χ4v) is 1.61. The number of nitriles is 1. The first-order valence-electron chi connectivity index (χ1n) is 4.35. The summed E-state index contributed by atoms with van der Waals surface area (Å²) in [6.07, 6.45) is 0.381. The largest absolute Gasteiger partial charge is 0.323 e. The number of benzene rings is 1. The van der Waals surface area contributed by atoms with Gasteiger partial charge in [0.2, 0.25) is 0 Å². The standard InChI is InChI=1S/C11H14N2/c1-8-4-3-5-9(2)11(8)10(13)6-7-12/h3-5,10H,6,13H2,1-2H3/t10-/m0/s1. The normalized spacial score (nSPS) is 12.2. The molecular weight excluding hydrogens is 160 g/mol. The maximum absolute atomic E-state index is 8.55. The highest BCUT2D eigenvalue weighted by atomic mass is 14.6. The van der Waals surface area contributed by atoms with E-state index in [2.05, 4.69) is 6.07 Å². The van der Waals surface area contributed by atoms with Crippen LogP contribution in [0.4, 0.5) is 0 Å². The van der Waals surface area contributed by atoms with Crippen molar-refractivity contribution in [3.05, 3.63) is 34.9 Å². The fraction of sp³-hybridized carbons (Fsp3) is 0.364. The van der Waals surface area contributed by atoms with Crippen LogP contribution in [0.15, 0.2) is 18.2 Å². The minimum absolute atomic E-state index is 0.147. The van der Waals surface area contributed by atoms with Gasteiger partial charge in [-0.2, -0.15) is 5.26 Å². The van der Waals surface area contributed by atoms with Gasteiger partial charge in [0.25, 0.3) is 0 Å². The Morgan fingerprint density at radius 2 is 1.92 bits per heavy atom. The SMILES string of the molecule is Cc1cccc(C)c1[C@@H](N)CC#N. The quantitative estimate of drug-likeness (QED) is 0.747. The van der Waals surface area contributed by atoms with Gasteiger partial charge in [-0.25, -0.2) is 0 Å². The van der Waals surface area contributed by atoms with Crippen molar-refractivity contribution in [1.82, 2.24) is 0 Å². The summed E-state index contributed by atoms with van der Waals surface area (Å²) in [6, 6.07) is 8.01. The summed E-state index contributed by atoms with van der Waals surface area (Å²) in [7, 11) is 0. The van der Waals surface area contributed by atoms with Gasteiger partial charge in [0.15, 0.2) is 0 Å². The molecule has 0 spiro atoms. The fourth-order valence-electron chi connectivity index (χ4n) is 1.61. The highest BCUT2D eigenvalue weighted by molar-refractivity contribution is 5.36. The van der Waals surface area contributed by atoms with E-state index in [1.54, 1.807) is 0 Å². The second-order valence-electron chi connectivity index (χ2n) is 3.27. The zero-order chi connectivity index (χ0) is 9.84. The maximum atomic E-state index is 8.55. The van der Waals surface area contributed by atoms with Crippen LogP contribution in [-0.4, -0.2) is 0 Å². The highest BCUT2D eigenvalue weighted by Crippen LogP contribution is 2.21. The predicted octanol–water partition coefficient (Wildman–Crippen LogP) is 2.22. The van der Waals surface area contributed by atoms with Crippen LogP contribution in [0.2, 0.25) is 0 Å². The van der Waals surface area contributed by atoms with Crippen molar-refractivity contribution in [3.63, 3.8) is 0 Å². The van der Waals surface area contributed by atoms with E-state index in [9.17, 15) is 0 Å². The molecule has 0 unspecified atom stereocenters. The van der Waals surface area contributed by atoms with Crippen LogP contribution < -0.4 is 5.73 Å². The lowest BCUT2D eigenvalue weighted by atomic mass is 9.95. The Bertz CT molecular complexity index is 316. The van der Waals surface area contributed by atoms with Crippen molar-refractivity contribution in [2.75, 3.05) is 0 Å². The molecule has 0 fully saturated rings. The molecule has 1 aromatic carbocycles. The molecule has 0 heterocycles. The molecule has 1 aromatic rings. The number of hydrogen-bond acceptors (Lipinski definition) is 2. The Balaban J connectivity index is 3.06. The molecule has 2 heteroatoms. The van der Waals surface area contributed by atoms with Gasteiger partial charge < -0.3 is 5.73 Å². The highest BCUT2D eigenvalue weighted by Gasteiger charge is 2.10. The van der Waals surface area contributed by atoms with Gasteiger partial charge in [-0.1, -0.05) is 18.2 Å². The van der Waals surface area contributed by atoms with E-state index < -0.39 is 0 Å². The molecule has 0 saturated heterocycles. The van der Waals surface area contributed by atoms with Crippen molar-refractivity contribution in [2.45, 2.75) is 26.3 Å². The molecule has 0 aliphatic rings. The topological polar surface area (TPSA) is 49.8 Å². The molecule has 0 aliphatic heterocycles. The third kappa shape index (κ3) is 2.07. The van der Waals surface area contributed by atoms with Gasteiger partial charge in [0.05, 0.1) is 12.5 Å². The lowest BCUT2D eigenvalue weighted by Crippen LogP contribution is -2.12. The van der Waals surface area contributed by atoms with Crippen LogP contribution in [0.3, 0.4) is 0 Å². The molecule has 2 nitrogen and oxygen atoms in total. The van der Waals surface area contributed by atoms with Gasteiger partial charge >= 0.3 is 0 Å². The maximum Gasteiger partial charge on any atom is 0.0641 e. The molecule has 0 bridgehead atoms. The van der Waals surface area contributed by atoms with Crippen molar-refractivity contribution >= 4 is 0 Å². The van der Waals surface area contributed by atoms with E-state index in [-0.39, 0.29) is 6.04 Å². The number of nitrogens with zero attached hydrogens (tertiary/aromatic N) is 1. The van der Waals surface area contributed by atoms with Crippen molar-refractivity contribution in [2.24, 2.45) is 5.73 Å². The molecule has 2 N–H and O–H groups in total. The van der Waals surface area contributed by atoms with Crippen LogP contribution in [0.1, 0.15) is 29.2 Å². The van der Waals surface area contributed by atoms with E-state index in [1.807, 2.05) is 32.0 Å². The summed E-state index contributed by atoms with van der Waals surface area (Å²) in [4.78, 5) is 0. The Morgan fingerprint density at radius 1 is 1.38 bits per heavy atom. The summed E-state index contributed by atoms with van der Waals surface area (Å²) >= 11 is 0. The van der Waals surface area contributed by atoms with Gasteiger partial charge in [-0.15, -0.1) is 0 Å². The van der Waals surface area contributed by atoms with Gasteiger partial charge in [-0.3, -0.25) is 0 Å².